The molecule has 1 fully saturated rings. The zero-order valence-electron chi connectivity index (χ0n) is 34.3. The number of carbonyl (C=O) groups is 3. The van der Waals surface area contributed by atoms with E-state index in [1.165, 1.54) is 19.3 Å². The third-order valence-corrected chi connectivity index (χ3v) is 10.5. The van der Waals surface area contributed by atoms with Crippen molar-refractivity contribution >= 4 is 25.5 Å². The number of ether oxygens (including phenoxy) is 2. The van der Waals surface area contributed by atoms with E-state index in [1.54, 1.807) is 12.2 Å². The van der Waals surface area contributed by atoms with Gasteiger partial charge in [0.05, 0.1) is 25.4 Å². The number of esters is 2. The van der Waals surface area contributed by atoms with Gasteiger partial charge in [-0.05, 0) is 64.2 Å². The van der Waals surface area contributed by atoms with Crippen molar-refractivity contribution in [2.75, 3.05) is 26.4 Å². The second-order valence-electron chi connectivity index (χ2n) is 14.6. The van der Waals surface area contributed by atoms with Crippen LogP contribution in [0.1, 0.15) is 149 Å². The van der Waals surface area contributed by atoms with E-state index in [-0.39, 0.29) is 50.7 Å². The number of phosphoric ester groups is 1. The van der Waals surface area contributed by atoms with Crippen LogP contribution in [0.15, 0.2) is 48.6 Å². The predicted molar refractivity (Wildman–Crippen MR) is 220 cm³/mol. The summed E-state index contributed by atoms with van der Waals surface area (Å²) in [5, 5.41) is 20.7. The lowest BCUT2D eigenvalue weighted by molar-refractivity contribution is -0.161. The summed E-state index contributed by atoms with van der Waals surface area (Å²) < 4.78 is 32.7. The molecule has 5 N–H and O–H groups in total. The fourth-order valence-electron chi connectivity index (χ4n) is 6.29. The Balaban J connectivity index is 2.44. The van der Waals surface area contributed by atoms with Crippen LogP contribution in [-0.2, 0) is 37.5 Å². The number of hydrogen-bond acceptors (Lipinski definition) is 11. The molecule has 56 heavy (non-hydrogen) atoms. The van der Waals surface area contributed by atoms with E-state index in [4.69, 9.17) is 24.3 Å². The lowest BCUT2D eigenvalue weighted by atomic mass is 9.90. The highest BCUT2D eigenvalue weighted by atomic mass is 31.2. The number of aliphatic hydroxyl groups is 2. The number of allylic oxidation sites excluding steroid dienone is 7. The van der Waals surface area contributed by atoms with Crippen molar-refractivity contribution in [2.24, 2.45) is 17.6 Å². The Labute approximate surface area is 337 Å². The standard InChI is InChI=1S/C43H74NO11P/c1-3-5-7-8-9-10-11-12-13-14-15-16-17-18-24-28-43(49)55-37(35-54-56(50,51)53-32-31-44)34-52-42(48)27-23-20-19-22-26-38-39(41(47)33-40(38)46)30-29-36(45)25-21-6-4-2/h9-10,12-13,19,22,29-30,36-40,45-46H,3-8,11,14-18,20-21,23-28,31-35,44H2,1-2H3,(H,50,51)/b10-9-,13-12-,22-19-,30-29+/t36-,37+,38+,39+,40-/m0/s1. The summed E-state index contributed by atoms with van der Waals surface area (Å²) in [7, 11) is -4.45. The minimum absolute atomic E-state index is 0.0109. The molecule has 1 aliphatic carbocycles. The molecule has 0 radical (unpaired) electrons. The molecule has 1 unspecified atom stereocenters. The number of unbranched alkanes of at least 4 members (excludes halogenated alkanes) is 11. The maximum absolute atomic E-state index is 12.6. The molecule has 0 bridgehead atoms. The molecule has 0 aromatic heterocycles. The molecule has 0 aliphatic heterocycles. The van der Waals surface area contributed by atoms with Crippen LogP contribution in [-0.4, -0.2) is 77.5 Å². The Morgan fingerprint density at radius 2 is 1.45 bits per heavy atom. The normalized spacial score (nSPS) is 19.8. The molecule has 0 heterocycles. The van der Waals surface area contributed by atoms with Gasteiger partial charge < -0.3 is 30.3 Å². The molecule has 12 nitrogen and oxygen atoms in total. The van der Waals surface area contributed by atoms with Gasteiger partial charge in [0.1, 0.15) is 12.4 Å². The first kappa shape index (κ1) is 51.6. The van der Waals surface area contributed by atoms with Gasteiger partial charge in [-0.15, -0.1) is 0 Å². The summed E-state index contributed by atoms with van der Waals surface area (Å²) in [6.45, 7) is 3.26. The van der Waals surface area contributed by atoms with E-state index in [1.807, 2.05) is 12.2 Å². The average Bonchev–Trinajstić information content (AvgIpc) is 3.44. The van der Waals surface area contributed by atoms with Crippen LogP contribution in [0.4, 0.5) is 0 Å². The predicted octanol–water partition coefficient (Wildman–Crippen LogP) is 8.53. The summed E-state index contributed by atoms with van der Waals surface area (Å²) in [5.41, 5.74) is 5.33. The smallest absolute Gasteiger partial charge is 0.462 e. The van der Waals surface area contributed by atoms with E-state index < -0.39 is 50.6 Å². The zero-order chi connectivity index (χ0) is 41.3. The highest BCUT2D eigenvalue weighted by Gasteiger charge is 2.39. The monoisotopic (exact) mass is 811 g/mol. The minimum atomic E-state index is -4.45. The number of phosphoric acid groups is 1. The van der Waals surface area contributed by atoms with Gasteiger partial charge in [0.15, 0.2) is 6.10 Å². The largest absolute Gasteiger partial charge is 0.472 e. The SMILES string of the molecule is CCCCC/C=C\C/C=C\CCCCCCCC(=O)O[C@H](COC(=O)CCC/C=C\C[C@H]1[C@@H](O)CC(=O)[C@@H]1/C=C/[C@@H](O)CCCCC)COP(=O)(O)OCCN. The molecule has 0 aromatic rings. The topological polar surface area (TPSA) is 192 Å². The van der Waals surface area contributed by atoms with Crippen LogP contribution in [0.3, 0.4) is 0 Å². The lowest BCUT2D eigenvalue weighted by Crippen LogP contribution is -2.29. The van der Waals surface area contributed by atoms with Gasteiger partial charge in [-0.1, -0.05) is 114 Å². The van der Waals surface area contributed by atoms with E-state index in [9.17, 15) is 34.1 Å². The van der Waals surface area contributed by atoms with Crippen LogP contribution in [0, 0.1) is 11.8 Å². The first-order valence-corrected chi connectivity index (χ1v) is 22.7. The molecular formula is C43H74NO11P. The van der Waals surface area contributed by atoms with E-state index in [2.05, 4.69) is 38.2 Å². The third kappa shape index (κ3) is 27.2. The number of nitrogens with two attached hydrogens (primary N) is 1. The number of hydrogen-bond donors (Lipinski definition) is 4. The first-order chi connectivity index (χ1) is 27.0. The van der Waals surface area contributed by atoms with Crippen molar-refractivity contribution < 1.29 is 52.6 Å². The molecule has 322 valence electrons. The number of aliphatic hydroxyl groups excluding tert-OH is 2. The molecule has 1 aliphatic rings. The van der Waals surface area contributed by atoms with Crippen molar-refractivity contribution in [1.29, 1.82) is 0 Å². The molecule has 6 atom stereocenters. The summed E-state index contributed by atoms with van der Waals surface area (Å²) >= 11 is 0. The maximum atomic E-state index is 12.6. The van der Waals surface area contributed by atoms with Gasteiger partial charge in [0, 0.05) is 37.6 Å². The van der Waals surface area contributed by atoms with Gasteiger partial charge in [0.25, 0.3) is 0 Å². The Kier molecular flexibility index (Phi) is 30.9. The van der Waals surface area contributed by atoms with Crippen LogP contribution in [0.25, 0.3) is 0 Å². The van der Waals surface area contributed by atoms with Crippen LogP contribution < -0.4 is 5.73 Å². The Morgan fingerprint density at radius 1 is 0.821 bits per heavy atom. The maximum Gasteiger partial charge on any atom is 0.472 e. The van der Waals surface area contributed by atoms with Gasteiger partial charge >= 0.3 is 19.8 Å². The zero-order valence-corrected chi connectivity index (χ0v) is 35.2. The van der Waals surface area contributed by atoms with Crippen molar-refractivity contribution in [3.63, 3.8) is 0 Å². The molecule has 0 aromatic carbocycles. The quantitative estimate of drug-likeness (QED) is 0.0207. The van der Waals surface area contributed by atoms with E-state index in [0.717, 1.165) is 64.2 Å². The Bertz CT molecular complexity index is 1220. The average molecular weight is 812 g/mol. The number of carbonyl (C=O) groups excluding carboxylic acids is 3. The molecule has 1 rings (SSSR count). The highest BCUT2D eigenvalue weighted by Crippen LogP contribution is 2.43. The molecular weight excluding hydrogens is 737 g/mol. The molecule has 1 saturated carbocycles. The second-order valence-corrected chi connectivity index (χ2v) is 16.1. The lowest BCUT2D eigenvalue weighted by Gasteiger charge is -2.19. The van der Waals surface area contributed by atoms with E-state index >= 15 is 0 Å². The molecule has 0 amide bonds. The van der Waals surface area contributed by atoms with Gasteiger partial charge in [-0.2, -0.15) is 0 Å². The van der Waals surface area contributed by atoms with Gasteiger partial charge in [0.2, 0.25) is 0 Å². The fourth-order valence-corrected chi connectivity index (χ4v) is 7.06. The van der Waals surface area contributed by atoms with Gasteiger partial charge in [-0.25, -0.2) is 4.57 Å². The van der Waals surface area contributed by atoms with Crippen molar-refractivity contribution in [2.45, 2.75) is 167 Å². The van der Waals surface area contributed by atoms with Crippen LogP contribution in [0.5, 0.6) is 0 Å². The van der Waals surface area contributed by atoms with Crippen LogP contribution in [0.2, 0.25) is 0 Å². The fraction of sp³-hybridized carbons (Fsp3) is 0.744. The van der Waals surface area contributed by atoms with Crippen LogP contribution >= 0.6 is 7.82 Å². The summed E-state index contributed by atoms with van der Waals surface area (Å²) in [6.07, 6.45) is 30.8. The van der Waals surface area contributed by atoms with Gasteiger partial charge in [-0.3, -0.25) is 23.4 Å². The third-order valence-electron chi connectivity index (χ3n) is 9.56. The first-order valence-electron chi connectivity index (χ1n) is 21.2. The summed E-state index contributed by atoms with van der Waals surface area (Å²) in [4.78, 5) is 47.5. The number of rotatable bonds is 35. The van der Waals surface area contributed by atoms with Crippen molar-refractivity contribution in [3.8, 4) is 0 Å². The van der Waals surface area contributed by atoms with Crippen molar-refractivity contribution in [3.05, 3.63) is 48.6 Å². The number of Topliss-reactive ketones (excluding diaryl/α,β-unsaturated/α-hetero) is 1. The summed E-state index contributed by atoms with van der Waals surface area (Å²) in [6, 6.07) is 0. The van der Waals surface area contributed by atoms with Crippen molar-refractivity contribution in [1.82, 2.24) is 0 Å². The number of ketones is 1. The highest BCUT2D eigenvalue weighted by molar-refractivity contribution is 7.47. The summed E-state index contributed by atoms with van der Waals surface area (Å²) in [5.74, 6) is -1.79. The second kappa shape index (κ2) is 33.5. The minimum Gasteiger partial charge on any atom is -0.462 e. The Morgan fingerprint density at radius 3 is 2.16 bits per heavy atom. The van der Waals surface area contributed by atoms with E-state index in [0.29, 0.717) is 32.1 Å². The molecule has 0 saturated heterocycles. The molecule has 0 spiro atoms. The molecule has 13 heteroatoms. The Hall–Kier alpha value is -2.44.